The van der Waals surface area contributed by atoms with Crippen molar-refractivity contribution < 1.29 is 32.6 Å². The van der Waals surface area contributed by atoms with Gasteiger partial charge in [-0.2, -0.15) is 13.2 Å². The molecule has 0 spiro atoms. The van der Waals surface area contributed by atoms with Crippen LogP contribution in [-0.2, 0) is 17.5 Å². The van der Waals surface area contributed by atoms with Gasteiger partial charge in [0.2, 0.25) is 0 Å². The third-order valence-electron chi connectivity index (χ3n) is 5.29. The number of anilines is 1. The Morgan fingerprint density at radius 1 is 1.13 bits per heavy atom. The predicted molar refractivity (Wildman–Crippen MR) is 108 cm³/mol. The van der Waals surface area contributed by atoms with E-state index in [-0.39, 0.29) is 19.2 Å². The fourth-order valence-electron chi connectivity index (χ4n) is 3.58. The highest BCUT2D eigenvalue weighted by atomic mass is 19.4. The average Bonchev–Trinajstić information content (AvgIpc) is 3.25. The number of ether oxygens (including phenoxy) is 1. The fourth-order valence-corrected chi connectivity index (χ4v) is 3.58. The Hall–Kier alpha value is -3.07. The Kier molecular flexibility index (Phi) is 6.84. The van der Waals surface area contributed by atoms with Crippen LogP contribution in [0.25, 0.3) is 0 Å². The smallest absolute Gasteiger partial charge is 0.416 e. The van der Waals surface area contributed by atoms with Crippen molar-refractivity contribution >= 4 is 17.7 Å². The van der Waals surface area contributed by atoms with Gasteiger partial charge in [0.15, 0.2) is 0 Å². The number of hydrogen-bond acceptors (Lipinski definition) is 4. The van der Waals surface area contributed by atoms with Gasteiger partial charge < -0.3 is 14.7 Å². The normalized spacial score (nSPS) is 16.3. The van der Waals surface area contributed by atoms with E-state index in [1.165, 1.54) is 24.1 Å². The third kappa shape index (κ3) is 5.16. The number of amides is 2. The highest BCUT2D eigenvalue weighted by molar-refractivity contribution is 5.92. The number of hydrogen-bond donors (Lipinski definition) is 1. The predicted octanol–water partition coefficient (Wildman–Crippen LogP) is 4.08. The number of carbonyl (C=O) groups excluding carboxylic acids is 2. The first-order chi connectivity index (χ1) is 14.7. The van der Waals surface area contributed by atoms with E-state index in [9.17, 15) is 27.9 Å². The van der Waals surface area contributed by atoms with E-state index in [4.69, 9.17) is 0 Å². The Labute approximate surface area is 177 Å². The molecule has 0 unspecified atom stereocenters. The molecule has 1 aliphatic rings. The lowest BCUT2D eigenvalue weighted by molar-refractivity contribution is -0.137. The maximum atomic E-state index is 13.3. The van der Waals surface area contributed by atoms with Gasteiger partial charge in [-0.15, -0.1) is 0 Å². The minimum atomic E-state index is -4.48. The van der Waals surface area contributed by atoms with Crippen LogP contribution >= 0.6 is 0 Å². The number of carbonyl (C=O) groups is 2. The van der Waals surface area contributed by atoms with Gasteiger partial charge in [0, 0.05) is 12.2 Å². The molecule has 1 N–H and O–H groups in total. The van der Waals surface area contributed by atoms with Gasteiger partial charge >= 0.3 is 18.2 Å². The van der Waals surface area contributed by atoms with Crippen molar-refractivity contribution in [1.82, 2.24) is 4.90 Å². The largest absolute Gasteiger partial charge is 0.465 e. The summed E-state index contributed by atoms with van der Waals surface area (Å²) in [6.45, 7) is 0.364. The summed E-state index contributed by atoms with van der Waals surface area (Å²) >= 11 is 0. The second-order valence-corrected chi connectivity index (χ2v) is 7.27. The van der Waals surface area contributed by atoms with Crippen LogP contribution in [0.3, 0.4) is 0 Å². The first kappa shape index (κ1) is 22.6. The zero-order valence-corrected chi connectivity index (χ0v) is 16.9. The molecule has 2 aromatic carbocycles. The van der Waals surface area contributed by atoms with E-state index in [0.29, 0.717) is 29.8 Å². The molecular formula is C22H23F3N2O4. The summed E-state index contributed by atoms with van der Waals surface area (Å²) in [5, 5.41) is 9.58. The van der Waals surface area contributed by atoms with E-state index in [1.54, 1.807) is 29.2 Å². The summed E-state index contributed by atoms with van der Waals surface area (Å²) in [6.07, 6.45) is -3.07. The maximum Gasteiger partial charge on any atom is 0.416 e. The van der Waals surface area contributed by atoms with Crippen molar-refractivity contribution in [3.05, 3.63) is 65.2 Å². The van der Waals surface area contributed by atoms with Crippen LogP contribution < -0.4 is 4.90 Å². The van der Waals surface area contributed by atoms with Crippen LogP contribution in [0.4, 0.5) is 23.7 Å². The number of halogens is 3. The van der Waals surface area contributed by atoms with E-state index in [2.05, 4.69) is 4.74 Å². The molecule has 1 fully saturated rings. The third-order valence-corrected chi connectivity index (χ3v) is 5.29. The van der Waals surface area contributed by atoms with Crippen LogP contribution in [0, 0.1) is 0 Å². The van der Waals surface area contributed by atoms with Gasteiger partial charge in [-0.1, -0.05) is 12.1 Å². The molecule has 2 amide bonds. The van der Waals surface area contributed by atoms with Crippen molar-refractivity contribution in [2.45, 2.75) is 31.6 Å². The number of methoxy groups -OCH3 is 1. The van der Waals surface area contributed by atoms with Gasteiger partial charge in [-0.25, -0.2) is 9.59 Å². The van der Waals surface area contributed by atoms with Crippen LogP contribution in [0.1, 0.15) is 34.3 Å². The summed E-state index contributed by atoms with van der Waals surface area (Å²) in [5.41, 5.74) is 0.526. The second-order valence-electron chi connectivity index (χ2n) is 7.27. The van der Waals surface area contributed by atoms with Gasteiger partial charge in [0.25, 0.3) is 0 Å². The molecule has 1 heterocycles. The number of nitrogens with zero attached hydrogens (tertiary/aromatic N) is 2. The summed E-state index contributed by atoms with van der Waals surface area (Å²) in [7, 11) is 1.27. The fraction of sp³-hybridized carbons (Fsp3) is 0.364. The molecule has 31 heavy (non-hydrogen) atoms. The lowest BCUT2D eigenvalue weighted by atomic mass is 10.1. The van der Waals surface area contributed by atoms with E-state index >= 15 is 0 Å². The Balaban J connectivity index is 1.90. The molecule has 0 radical (unpaired) electrons. The van der Waals surface area contributed by atoms with Crippen molar-refractivity contribution in [3.63, 3.8) is 0 Å². The number of aliphatic hydroxyl groups is 1. The van der Waals surface area contributed by atoms with Crippen molar-refractivity contribution in [2.24, 2.45) is 0 Å². The summed E-state index contributed by atoms with van der Waals surface area (Å²) < 4.78 is 43.5. The molecule has 1 atom stereocenters. The monoisotopic (exact) mass is 436 g/mol. The first-order valence-corrected chi connectivity index (χ1v) is 9.78. The molecule has 9 heteroatoms. The van der Waals surface area contributed by atoms with Crippen molar-refractivity contribution in [1.29, 1.82) is 0 Å². The second kappa shape index (κ2) is 9.38. The van der Waals surface area contributed by atoms with Crippen LogP contribution in [-0.4, -0.2) is 48.3 Å². The highest BCUT2D eigenvalue weighted by Gasteiger charge is 2.33. The van der Waals surface area contributed by atoms with Crippen LogP contribution in [0.2, 0.25) is 0 Å². The molecule has 0 saturated carbocycles. The number of rotatable bonds is 5. The topological polar surface area (TPSA) is 70.1 Å². The Bertz CT molecular complexity index is 914. The van der Waals surface area contributed by atoms with Crippen molar-refractivity contribution in [3.8, 4) is 0 Å². The zero-order chi connectivity index (χ0) is 22.6. The minimum Gasteiger partial charge on any atom is -0.465 e. The molecule has 0 aliphatic carbocycles. The zero-order valence-electron chi connectivity index (χ0n) is 16.9. The number of urea groups is 1. The quantitative estimate of drug-likeness (QED) is 0.718. The molecule has 1 aliphatic heterocycles. The molecule has 0 aromatic heterocycles. The van der Waals surface area contributed by atoms with Gasteiger partial charge in [-0.05, 0) is 54.8 Å². The molecule has 6 nitrogen and oxygen atoms in total. The standard InChI is InChI=1S/C22H23F3N2O4/c1-31-20(29)16-6-4-15(5-7-16)13-27(21(30)26-12-2-3-19(26)14-28)18-10-8-17(9-11-18)22(23,24)25/h4-11,19,28H,2-3,12-14H2,1H3/t19-/m1/s1. The van der Waals surface area contributed by atoms with Gasteiger partial charge in [0.1, 0.15) is 0 Å². The molecule has 1 saturated heterocycles. The number of esters is 1. The summed E-state index contributed by atoms with van der Waals surface area (Å²) in [6, 6.07) is 10.1. The molecule has 0 bridgehead atoms. The number of benzene rings is 2. The van der Waals surface area contributed by atoms with E-state index in [0.717, 1.165) is 18.6 Å². The number of alkyl halides is 3. The molecular weight excluding hydrogens is 413 g/mol. The van der Waals surface area contributed by atoms with E-state index < -0.39 is 23.7 Å². The van der Waals surface area contributed by atoms with E-state index in [1.807, 2.05) is 0 Å². The summed E-state index contributed by atoms with van der Waals surface area (Å²) in [4.78, 5) is 27.8. The minimum absolute atomic E-state index is 0.0836. The molecule has 3 rings (SSSR count). The highest BCUT2D eigenvalue weighted by Crippen LogP contribution is 2.31. The van der Waals surface area contributed by atoms with Crippen molar-refractivity contribution in [2.75, 3.05) is 25.2 Å². The Morgan fingerprint density at radius 2 is 1.77 bits per heavy atom. The van der Waals surface area contributed by atoms with Crippen LogP contribution in [0.5, 0.6) is 0 Å². The summed E-state index contributed by atoms with van der Waals surface area (Å²) in [5.74, 6) is -0.495. The van der Waals surface area contributed by atoms with Gasteiger partial charge in [-0.3, -0.25) is 4.90 Å². The number of aliphatic hydroxyl groups excluding tert-OH is 1. The average molecular weight is 436 g/mol. The lowest BCUT2D eigenvalue weighted by Crippen LogP contribution is -2.46. The number of likely N-dealkylation sites (tertiary alicyclic amines) is 1. The first-order valence-electron chi connectivity index (χ1n) is 9.78. The lowest BCUT2D eigenvalue weighted by Gasteiger charge is -2.31. The molecule has 2 aromatic rings. The van der Waals surface area contributed by atoms with Gasteiger partial charge in [0.05, 0.1) is 37.4 Å². The SMILES string of the molecule is COC(=O)c1ccc(CN(C(=O)N2CCC[C@@H]2CO)c2ccc(C(F)(F)F)cc2)cc1. The Morgan fingerprint density at radius 3 is 2.32 bits per heavy atom. The maximum absolute atomic E-state index is 13.3. The molecule has 166 valence electrons. The van der Waals surface area contributed by atoms with Crippen LogP contribution in [0.15, 0.2) is 48.5 Å².